The van der Waals surface area contributed by atoms with Crippen molar-refractivity contribution in [1.29, 1.82) is 0 Å². The molecule has 5 rings (SSSR count). The number of fused-ring (bicyclic) bond motifs is 3. The zero-order chi connectivity index (χ0) is 23.3. The van der Waals surface area contributed by atoms with Gasteiger partial charge in [-0.1, -0.05) is 49.1 Å². The van der Waals surface area contributed by atoms with Crippen molar-refractivity contribution >= 4 is 16.6 Å². The maximum absolute atomic E-state index is 13.5. The number of rotatable bonds is 4. The van der Waals surface area contributed by atoms with E-state index in [9.17, 15) is 9.59 Å². The molecule has 1 aromatic carbocycles. The molecule has 4 aromatic rings. The van der Waals surface area contributed by atoms with Crippen LogP contribution in [0.5, 0.6) is 0 Å². The van der Waals surface area contributed by atoms with E-state index in [4.69, 9.17) is 9.15 Å². The van der Waals surface area contributed by atoms with Gasteiger partial charge in [-0.2, -0.15) is 0 Å². The molecule has 1 aliphatic rings. The van der Waals surface area contributed by atoms with E-state index >= 15 is 0 Å². The fraction of sp³-hybridized carbons (Fsp3) is 0.154. The Morgan fingerprint density at radius 3 is 2.45 bits per heavy atom. The van der Waals surface area contributed by atoms with Crippen LogP contribution in [0.2, 0.25) is 0 Å². The van der Waals surface area contributed by atoms with Crippen LogP contribution in [0.15, 0.2) is 93.3 Å². The Balaban J connectivity index is 2.04. The first-order valence-corrected chi connectivity index (χ1v) is 10.6. The Morgan fingerprint density at radius 2 is 1.79 bits per heavy atom. The highest BCUT2D eigenvalue weighted by Gasteiger charge is 2.36. The topological polar surface area (TPSA) is 71.3 Å². The van der Waals surface area contributed by atoms with Gasteiger partial charge in [0, 0.05) is 14.1 Å². The molecule has 33 heavy (non-hydrogen) atoms. The summed E-state index contributed by atoms with van der Waals surface area (Å²) < 4.78 is 16.8. The van der Waals surface area contributed by atoms with Crippen LogP contribution in [0.4, 0.5) is 0 Å². The average molecular weight is 441 g/mol. The zero-order valence-corrected chi connectivity index (χ0v) is 18.6. The standard InChI is InChI=1S/C26H23N3O4/c1-5-6-13-18-16(2)29-21(17-11-8-7-9-12-17)20-22(27(3)26(31)28(4)25(20)30)23(29)24(33-18)19-14-10-15-32-19/h5-15,24H,1H2,2-4H3/b13-6-. The lowest BCUT2D eigenvalue weighted by Gasteiger charge is -2.28. The molecule has 4 heterocycles. The van der Waals surface area contributed by atoms with Crippen LogP contribution in [-0.2, 0) is 18.8 Å². The Kier molecular flexibility index (Phi) is 4.82. The van der Waals surface area contributed by atoms with Gasteiger partial charge in [0.05, 0.1) is 34.3 Å². The highest BCUT2D eigenvalue weighted by atomic mass is 16.5. The van der Waals surface area contributed by atoms with Crippen molar-refractivity contribution in [1.82, 2.24) is 13.7 Å². The van der Waals surface area contributed by atoms with Crippen LogP contribution in [0.25, 0.3) is 27.9 Å². The number of aryl methyl sites for hydroxylation is 1. The number of hydrogen-bond donors (Lipinski definition) is 0. The van der Waals surface area contributed by atoms with Gasteiger partial charge in [0.1, 0.15) is 5.76 Å². The van der Waals surface area contributed by atoms with E-state index in [2.05, 4.69) is 6.58 Å². The van der Waals surface area contributed by atoms with Crippen molar-refractivity contribution in [3.63, 3.8) is 0 Å². The monoisotopic (exact) mass is 441 g/mol. The molecule has 0 spiro atoms. The third kappa shape index (κ3) is 2.96. The predicted octanol–water partition coefficient (Wildman–Crippen LogP) is 4.35. The van der Waals surface area contributed by atoms with Crippen LogP contribution in [0.3, 0.4) is 0 Å². The Bertz CT molecular complexity index is 1560. The normalized spacial score (nSPS) is 15.8. The summed E-state index contributed by atoms with van der Waals surface area (Å²) in [7, 11) is 3.17. The molecule has 7 heteroatoms. The summed E-state index contributed by atoms with van der Waals surface area (Å²) in [6, 6.07) is 13.3. The summed E-state index contributed by atoms with van der Waals surface area (Å²) >= 11 is 0. The molecule has 7 nitrogen and oxygen atoms in total. The first-order chi connectivity index (χ1) is 16.0. The fourth-order valence-electron chi connectivity index (χ4n) is 4.48. The molecule has 0 radical (unpaired) electrons. The minimum Gasteiger partial charge on any atom is -0.474 e. The summed E-state index contributed by atoms with van der Waals surface area (Å²) in [4.78, 5) is 26.4. The highest BCUT2D eigenvalue weighted by Crippen LogP contribution is 2.45. The van der Waals surface area contributed by atoms with Crippen LogP contribution in [0, 0.1) is 0 Å². The maximum atomic E-state index is 13.5. The van der Waals surface area contributed by atoms with E-state index in [1.165, 1.54) is 11.6 Å². The SMILES string of the molecule is C=C/C=C\C1=C(C)n2c(-c3ccccc3)c3c(=O)n(C)c(=O)n(C)c3c2C(c2ccco2)O1. The van der Waals surface area contributed by atoms with Crippen molar-refractivity contribution in [2.45, 2.75) is 13.0 Å². The van der Waals surface area contributed by atoms with Crippen molar-refractivity contribution in [3.8, 4) is 11.3 Å². The van der Waals surface area contributed by atoms with Crippen LogP contribution in [0.1, 0.15) is 24.5 Å². The van der Waals surface area contributed by atoms with Gasteiger partial charge in [0.15, 0.2) is 11.9 Å². The van der Waals surface area contributed by atoms with Crippen molar-refractivity contribution in [3.05, 3.63) is 112 Å². The van der Waals surface area contributed by atoms with Gasteiger partial charge in [-0.3, -0.25) is 13.9 Å². The highest BCUT2D eigenvalue weighted by molar-refractivity contribution is 5.98. The summed E-state index contributed by atoms with van der Waals surface area (Å²) in [6.45, 7) is 5.68. The van der Waals surface area contributed by atoms with Gasteiger partial charge in [-0.25, -0.2) is 4.79 Å². The second kappa shape index (κ2) is 7.70. The molecular weight excluding hydrogens is 418 g/mol. The van der Waals surface area contributed by atoms with E-state index in [1.807, 2.05) is 54.0 Å². The van der Waals surface area contributed by atoms with Gasteiger partial charge in [-0.05, 0) is 30.7 Å². The van der Waals surface area contributed by atoms with E-state index in [-0.39, 0.29) is 5.56 Å². The van der Waals surface area contributed by atoms with E-state index in [1.54, 1.807) is 31.5 Å². The number of furan rings is 1. The molecule has 1 atom stereocenters. The molecule has 1 unspecified atom stereocenters. The number of benzene rings is 1. The van der Waals surface area contributed by atoms with Crippen molar-refractivity contribution < 1.29 is 9.15 Å². The lowest BCUT2D eigenvalue weighted by atomic mass is 10.1. The van der Waals surface area contributed by atoms with Crippen molar-refractivity contribution in [2.75, 3.05) is 0 Å². The first-order valence-electron chi connectivity index (χ1n) is 10.6. The number of allylic oxidation sites excluding steroid dienone is 4. The third-order valence-corrected chi connectivity index (χ3v) is 6.03. The molecule has 166 valence electrons. The molecule has 0 saturated heterocycles. The minimum absolute atomic E-state index is 0.358. The first kappa shape index (κ1) is 20.6. The molecule has 0 bridgehead atoms. The minimum atomic E-state index is -0.661. The predicted molar refractivity (Wildman–Crippen MR) is 128 cm³/mol. The molecule has 0 amide bonds. The lowest BCUT2D eigenvalue weighted by Crippen LogP contribution is -2.37. The molecule has 0 aliphatic carbocycles. The molecule has 1 aliphatic heterocycles. The molecule has 0 saturated carbocycles. The molecule has 0 N–H and O–H groups in total. The van der Waals surface area contributed by atoms with Crippen LogP contribution >= 0.6 is 0 Å². The summed E-state index contributed by atoms with van der Waals surface area (Å²) in [5.74, 6) is 1.18. The summed E-state index contributed by atoms with van der Waals surface area (Å²) in [5.41, 5.74) is 2.78. The quantitative estimate of drug-likeness (QED) is 0.442. The summed E-state index contributed by atoms with van der Waals surface area (Å²) in [5, 5.41) is 0.453. The summed E-state index contributed by atoms with van der Waals surface area (Å²) in [6.07, 6.45) is 6.21. The maximum Gasteiger partial charge on any atom is 0.331 e. The van der Waals surface area contributed by atoms with Gasteiger partial charge in [-0.15, -0.1) is 0 Å². The molecule has 0 fully saturated rings. The smallest absolute Gasteiger partial charge is 0.331 e. The Hall–Kier alpha value is -4.26. The van der Waals surface area contributed by atoms with Crippen molar-refractivity contribution in [2.24, 2.45) is 14.1 Å². The Labute approximate surface area is 189 Å². The third-order valence-electron chi connectivity index (χ3n) is 6.03. The lowest BCUT2D eigenvalue weighted by molar-refractivity contribution is 0.127. The number of ether oxygens (including phenoxy) is 1. The van der Waals surface area contributed by atoms with Gasteiger partial charge in [0.25, 0.3) is 5.56 Å². The van der Waals surface area contributed by atoms with E-state index < -0.39 is 11.8 Å². The van der Waals surface area contributed by atoms with Crippen LogP contribution < -0.4 is 11.2 Å². The Morgan fingerprint density at radius 1 is 1.03 bits per heavy atom. The largest absolute Gasteiger partial charge is 0.474 e. The number of aromatic nitrogens is 3. The van der Waals surface area contributed by atoms with Crippen LogP contribution in [-0.4, -0.2) is 13.7 Å². The second-order valence-electron chi connectivity index (χ2n) is 7.92. The zero-order valence-electron chi connectivity index (χ0n) is 18.6. The molecular formula is C26H23N3O4. The average Bonchev–Trinajstić information content (AvgIpc) is 3.49. The van der Waals surface area contributed by atoms with Gasteiger partial charge >= 0.3 is 5.69 Å². The number of nitrogens with zero attached hydrogens (tertiary/aromatic N) is 3. The molecule has 3 aromatic heterocycles. The van der Waals surface area contributed by atoms with Gasteiger partial charge < -0.3 is 13.7 Å². The van der Waals surface area contributed by atoms with E-state index in [0.29, 0.717) is 33.8 Å². The number of hydrogen-bond acceptors (Lipinski definition) is 4. The van der Waals surface area contributed by atoms with E-state index in [0.717, 1.165) is 15.8 Å². The van der Waals surface area contributed by atoms with Gasteiger partial charge in [0.2, 0.25) is 0 Å². The second-order valence-corrected chi connectivity index (χ2v) is 7.92. The fourth-order valence-corrected chi connectivity index (χ4v) is 4.48.